The summed E-state index contributed by atoms with van der Waals surface area (Å²) in [6.07, 6.45) is 0.478. The van der Waals surface area contributed by atoms with Gasteiger partial charge in [0.1, 0.15) is 6.61 Å². The highest BCUT2D eigenvalue weighted by molar-refractivity contribution is 7.99. The van der Waals surface area contributed by atoms with Crippen molar-refractivity contribution in [3.8, 4) is 0 Å². The highest BCUT2D eigenvalue weighted by Crippen LogP contribution is 2.31. The van der Waals surface area contributed by atoms with E-state index in [0.29, 0.717) is 17.7 Å². The molecule has 0 unspecified atom stereocenters. The second-order valence-corrected chi connectivity index (χ2v) is 7.00. The van der Waals surface area contributed by atoms with E-state index in [1.807, 2.05) is 38.1 Å². The Kier molecular flexibility index (Phi) is 4.90. The number of benzene rings is 2. The van der Waals surface area contributed by atoms with Crippen LogP contribution in [-0.4, -0.2) is 17.6 Å². The number of hydrogen-bond donors (Lipinski definition) is 1. The highest BCUT2D eigenvalue weighted by Gasteiger charge is 2.16. The number of aryl methyl sites for hydroxylation is 2. The van der Waals surface area contributed by atoms with Crippen molar-refractivity contribution in [1.29, 1.82) is 0 Å². The molecule has 0 aliphatic carbocycles. The minimum atomic E-state index is -0.387. The normalized spacial score (nSPS) is 13.7. The first kappa shape index (κ1) is 16.6. The third kappa shape index (κ3) is 3.79. The van der Waals surface area contributed by atoms with Crippen LogP contribution in [0.5, 0.6) is 0 Å². The van der Waals surface area contributed by atoms with E-state index in [1.54, 1.807) is 23.9 Å². The van der Waals surface area contributed by atoms with Crippen LogP contribution in [0.4, 0.5) is 5.69 Å². The standard InChI is InChI=1S/C19H19NO3S/c1-12-3-4-13(2)15(9-12)11-23-19(22)14-5-6-17-16(10-14)20-18(21)7-8-24-17/h3-6,9-10H,7-8,11H2,1-2H3,(H,20,21). The second kappa shape index (κ2) is 7.09. The monoisotopic (exact) mass is 341 g/mol. The lowest BCUT2D eigenvalue weighted by molar-refractivity contribution is -0.115. The zero-order valence-corrected chi connectivity index (χ0v) is 14.5. The van der Waals surface area contributed by atoms with Gasteiger partial charge in [0.25, 0.3) is 0 Å². The average Bonchev–Trinajstić information content (AvgIpc) is 2.75. The van der Waals surface area contributed by atoms with Crippen LogP contribution in [0, 0.1) is 13.8 Å². The van der Waals surface area contributed by atoms with E-state index in [1.165, 1.54) is 0 Å². The van der Waals surface area contributed by atoms with Gasteiger partial charge in [-0.05, 0) is 43.2 Å². The Morgan fingerprint density at radius 3 is 2.88 bits per heavy atom. The predicted octanol–water partition coefficient (Wildman–Crippen LogP) is 4.09. The van der Waals surface area contributed by atoms with E-state index >= 15 is 0 Å². The molecule has 3 rings (SSSR count). The number of esters is 1. The predicted molar refractivity (Wildman–Crippen MR) is 95.4 cm³/mol. The summed E-state index contributed by atoms with van der Waals surface area (Å²) in [4.78, 5) is 25.0. The van der Waals surface area contributed by atoms with Crippen LogP contribution in [0.15, 0.2) is 41.3 Å². The Morgan fingerprint density at radius 1 is 1.21 bits per heavy atom. The number of carbonyl (C=O) groups is 2. The number of carbonyl (C=O) groups excluding carboxylic acids is 2. The summed E-state index contributed by atoms with van der Waals surface area (Å²) in [5.41, 5.74) is 4.36. The van der Waals surface area contributed by atoms with Crippen molar-refractivity contribution in [3.63, 3.8) is 0 Å². The third-order valence-electron chi connectivity index (χ3n) is 3.94. The van der Waals surface area contributed by atoms with Crippen LogP contribution in [0.3, 0.4) is 0 Å². The molecule has 124 valence electrons. The molecule has 1 aliphatic rings. The lowest BCUT2D eigenvalue weighted by Gasteiger charge is -2.11. The van der Waals surface area contributed by atoms with Crippen molar-refractivity contribution in [1.82, 2.24) is 0 Å². The first-order valence-electron chi connectivity index (χ1n) is 7.83. The van der Waals surface area contributed by atoms with Crippen LogP contribution in [0.25, 0.3) is 0 Å². The summed E-state index contributed by atoms with van der Waals surface area (Å²) in [5.74, 6) is 0.333. The quantitative estimate of drug-likeness (QED) is 0.854. The van der Waals surface area contributed by atoms with Gasteiger partial charge in [0.2, 0.25) is 5.91 Å². The molecule has 1 aliphatic heterocycles. The molecule has 0 spiro atoms. The number of anilines is 1. The minimum Gasteiger partial charge on any atom is -0.457 e. The summed E-state index contributed by atoms with van der Waals surface area (Å²) in [5, 5.41) is 2.84. The zero-order chi connectivity index (χ0) is 17.1. The fourth-order valence-corrected chi connectivity index (χ4v) is 3.47. The molecule has 0 fully saturated rings. The maximum absolute atomic E-state index is 12.3. The number of amides is 1. The molecule has 0 bridgehead atoms. The van der Waals surface area contributed by atoms with Crippen LogP contribution >= 0.6 is 11.8 Å². The lowest BCUT2D eigenvalue weighted by atomic mass is 10.1. The van der Waals surface area contributed by atoms with Crippen molar-refractivity contribution in [2.24, 2.45) is 0 Å². The summed E-state index contributed by atoms with van der Waals surface area (Å²) in [6.45, 7) is 4.25. The number of rotatable bonds is 3. The molecule has 4 nitrogen and oxygen atoms in total. The van der Waals surface area contributed by atoms with Crippen LogP contribution in [0.1, 0.15) is 33.5 Å². The molecule has 0 saturated carbocycles. The molecule has 0 radical (unpaired) electrons. The molecule has 5 heteroatoms. The summed E-state index contributed by atoms with van der Waals surface area (Å²) >= 11 is 1.61. The van der Waals surface area contributed by atoms with Crippen LogP contribution < -0.4 is 5.32 Å². The van der Waals surface area contributed by atoms with Gasteiger partial charge >= 0.3 is 5.97 Å². The Labute approximate surface area is 145 Å². The molecule has 0 saturated heterocycles. The smallest absolute Gasteiger partial charge is 0.338 e. The van der Waals surface area contributed by atoms with Crippen LogP contribution in [-0.2, 0) is 16.1 Å². The second-order valence-electron chi connectivity index (χ2n) is 5.86. The van der Waals surface area contributed by atoms with Gasteiger partial charge < -0.3 is 10.1 Å². The van der Waals surface area contributed by atoms with Crippen molar-refractivity contribution >= 4 is 29.3 Å². The van der Waals surface area contributed by atoms with Crippen molar-refractivity contribution in [2.75, 3.05) is 11.1 Å². The fourth-order valence-electron chi connectivity index (χ4n) is 2.53. The van der Waals surface area contributed by atoms with Gasteiger partial charge in [0.15, 0.2) is 0 Å². The van der Waals surface area contributed by atoms with E-state index in [0.717, 1.165) is 27.3 Å². The maximum atomic E-state index is 12.3. The first-order chi connectivity index (χ1) is 11.5. The molecule has 0 atom stereocenters. The largest absolute Gasteiger partial charge is 0.457 e. The molecule has 2 aromatic rings. The lowest BCUT2D eigenvalue weighted by Crippen LogP contribution is -2.11. The van der Waals surface area contributed by atoms with Crippen molar-refractivity contribution < 1.29 is 14.3 Å². The summed E-state index contributed by atoms with van der Waals surface area (Å²) in [7, 11) is 0. The number of fused-ring (bicyclic) bond motifs is 1. The summed E-state index contributed by atoms with van der Waals surface area (Å²) < 4.78 is 5.44. The molecular weight excluding hydrogens is 322 g/mol. The zero-order valence-electron chi connectivity index (χ0n) is 13.7. The molecule has 1 amide bonds. The SMILES string of the molecule is Cc1ccc(C)c(COC(=O)c2ccc3c(c2)NC(=O)CCS3)c1. The Bertz CT molecular complexity index is 801. The number of ether oxygens (including phenoxy) is 1. The third-order valence-corrected chi connectivity index (χ3v) is 5.01. The van der Waals surface area contributed by atoms with Gasteiger partial charge in [-0.15, -0.1) is 11.8 Å². The van der Waals surface area contributed by atoms with E-state index in [-0.39, 0.29) is 18.5 Å². The van der Waals surface area contributed by atoms with Gasteiger partial charge in [-0.25, -0.2) is 4.79 Å². The number of hydrogen-bond acceptors (Lipinski definition) is 4. The molecule has 1 heterocycles. The Morgan fingerprint density at radius 2 is 2.04 bits per heavy atom. The molecule has 1 N–H and O–H groups in total. The Balaban J connectivity index is 1.73. The first-order valence-corrected chi connectivity index (χ1v) is 8.81. The average molecular weight is 341 g/mol. The minimum absolute atomic E-state index is 0.0258. The van der Waals surface area contributed by atoms with Crippen molar-refractivity contribution in [2.45, 2.75) is 31.8 Å². The maximum Gasteiger partial charge on any atom is 0.338 e. The van der Waals surface area contributed by atoms with E-state index in [4.69, 9.17) is 4.74 Å². The van der Waals surface area contributed by atoms with Gasteiger partial charge in [-0.1, -0.05) is 23.8 Å². The number of nitrogens with one attached hydrogen (secondary N) is 1. The van der Waals surface area contributed by atoms with Gasteiger partial charge in [-0.3, -0.25) is 4.79 Å². The van der Waals surface area contributed by atoms with Crippen molar-refractivity contribution in [3.05, 3.63) is 58.7 Å². The summed E-state index contributed by atoms with van der Waals surface area (Å²) in [6, 6.07) is 11.4. The van der Waals surface area contributed by atoms with E-state index < -0.39 is 0 Å². The fraction of sp³-hybridized carbons (Fsp3) is 0.263. The van der Waals surface area contributed by atoms with Crippen LogP contribution in [0.2, 0.25) is 0 Å². The molecule has 0 aromatic heterocycles. The van der Waals surface area contributed by atoms with Gasteiger partial charge in [0, 0.05) is 17.1 Å². The van der Waals surface area contributed by atoms with Gasteiger partial charge in [0.05, 0.1) is 11.3 Å². The topological polar surface area (TPSA) is 55.4 Å². The molecule has 2 aromatic carbocycles. The van der Waals surface area contributed by atoms with E-state index in [2.05, 4.69) is 5.32 Å². The molecule has 24 heavy (non-hydrogen) atoms. The van der Waals surface area contributed by atoms with Gasteiger partial charge in [-0.2, -0.15) is 0 Å². The molecular formula is C19H19NO3S. The Hall–Kier alpha value is -2.27. The number of thioether (sulfide) groups is 1. The highest BCUT2D eigenvalue weighted by atomic mass is 32.2. The van der Waals surface area contributed by atoms with E-state index in [9.17, 15) is 9.59 Å².